The largest absolute Gasteiger partial charge is 0.496 e. The average Bonchev–Trinajstić information content (AvgIpc) is 2.26. The topological polar surface area (TPSA) is 55.8 Å². The molecular weight excluding hydrogens is 232 g/mol. The molecule has 1 rings (SSSR count). The fraction of sp³-hybridized carbons (Fsp3) is 0.182. The number of carboxylic acids is 1. The van der Waals surface area contributed by atoms with Crippen LogP contribution in [-0.2, 0) is 4.79 Å². The predicted molar refractivity (Wildman–Crippen MR) is 61.2 cm³/mol. The number of carboxylic acid groups (broad SMARTS) is 1. The number of benzene rings is 1. The molecule has 0 heterocycles. The Kier molecular flexibility index (Phi) is 4.19. The zero-order valence-electron chi connectivity index (χ0n) is 8.86. The average molecular weight is 243 g/mol. The van der Waals surface area contributed by atoms with Gasteiger partial charge in [-0.25, -0.2) is 4.79 Å². The molecule has 0 aromatic heterocycles. The van der Waals surface area contributed by atoms with E-state index in [-0.39, 0.29) is 0 Å². The maximum absolute atomic E-state index is 10.4. The minimum atomic E-state index is -1.03. The molecule has 0 spiro atoms. The van der Waals surface area contributed by atoms with E-state index in [9.17, 15) is 4.79 Å². The summed E-state index contributed by atoms with van der Waals surface area (Å²) in [4.78, 5) is 10.4. The van der Waals surface area contributed by atoms with Gasteiger partial charge in [-0.2, -0.15) is 0 Å². The number of carbonyl (C=O) groups is 1. The first kappa shape index (κ1) is 12.4. The molecule has 0 saturated carbocycles. The third kappa shape index (κ3) is 2.90. The minimum absolute atomic E-state index is 0.397. The van der Waals surface area contributed by atoms with Crippen molar-refractivity contribution in [1.82, 2.24) is 0 Å². The highest BCUT2D eigenvalue weighted by atomic mass is 35.5. The molecule has 1 N–H and O–H groups in total. The fourth-order valence-electron chi connectivity index (χ4n) is 1.17. The summed E-state index contributed by atoms with van der Waals surface area (Å²) in [6.07, 6.45) is 2.42. The van der Waals surface area contributed by atoms with Gasteiger partial charge < -0.3 is 14.6 Å². The van der Waals surface area contributed by atoms with Crippen molar-refractivity contribution < 1.29 is 19.4 Å². The van der Waals surface area contributed by atoms with E-state index in [1.165, 1.54) is 20.3 Å². The molecule has 0 aliphatic rings. The summed E-state index contributed by atoms with van der Waals surface area (Å²) in [5.74, 6) is -0.0567. The van der Waals surface area contributed by atoms with Crippen LogP contribution >= 0.6 is 11.6 Å². The van der Waals surface area contributed by atoms with Gasteiger partial charge >= 0.3 is 5.97 Å². The van der Waals surface area contributed by atoms with Crippen LogP contribution < -0.4 is 9.47 Å². The van der Waals surface area contributed by atoms with Gasteiger partial charge in [-0.1, -0.05) is 11.6 Å². The van der Waals surface area contributed by atoms with Crippen LogP contribution in [0, 0.1) is 0 Å². The second kappa shape index (κ2) is 5.42. The van der Waals surface area contributed by atoms with E-state index in [1.807, 2.05) is 0 Å². The first-order valence-electron chi connectivity index (χ1n) is 4.41. The molecule has 0 amide bonds. The number of hydrogen-bond acceptors (Lipinski definition) is 3. The predicted octanol–water partition coefficient (Wildman–Crippen LogP) is 2.46. The van der Waals surface area contributed by atoms with Crippen molar-refractivity contribution in [3.8, 4) is 11.5 Å². The molecule has 0 radical (unpaired) electrons. The van der Waals surface area contributed by atoms with Gasteiger partial charge in [0.05, 0.1) is 19.2 Å². The molecule has 0 fully saturated rings. The molecule has 4 nitrogen and oxygen atoms in total. The molecule has 0 bridgehead atoms. The quantitative estimate of drug-likeness (QED) is 0.824. The second-order valence-corrected chi connectivity index (χ2v) is 3.31. The first-order chi connectivity index (χ1) is 7.58. The van der Waals surface area contributed by atoms with Crippen LogP contribution in [0.1, 0.15) is 5.56 Å². The third-order valence-corrected chi connectivity index (χ3v) is 2.20. The van der Waals surface area contributed by atoms with E-state index in [0.717, 1.165) is 6.08 Å². The zero-order valence-corrected chi connectivity index (χ0v) is 9.62. The van der Waals surface area contributed by atoms with E-state index in [2.05, 4.69) is 0 Å². The summed E-state index contributed by atoms with van der Waals surface area (Å²) < 4.78 is 10.1. The van der Waals surface area contributed by atoms with Crippen molar-refractivity contribution in [2.45, 2.75) is 0 Å². The Morgan fingerprint density at radius 3 is 2.44 bits per heavy atom. The smallest absolute Gasteiger partial charge is 0.328 e. The summed E-state index contributed by atoms with van der Waals surface area (Å²) in [7, 11) is 2.98. The summed E-state index contributed by atoms with van der Waals surface area (Å²) in [6, 6.07) is 3.18. The second-order valence-electron chi connectivity index (χ2n) is 2.90. The monoisotopic (exact) mass is 242 g/mol. The minimum Gasteiger partial charge on any atom is -0.496 e. The van der Waals surface area contributed by atoms with Crippen LogP contribution in [0.25, 0.3) is 6.08 Å². The molecule has 86 valence electrons. The fourth-order valence-corrected chi connectivity index (χ4v) is 1.42. The molecule has 16 heavy (non-hydrogen) atoms. The van der Waals surface area contributed by atoms with Crippen molar-refractivity contribution in [1.29, 1.82) is 0 Å². The zero-order chi connectivity index (χ0) is 12.1. The highest BCUT2D eigenvalue weighted by Crippen LogP contribution is 2.33. The Bertz CT molecular complexity index is 426. The molecule has 5 heteroatoms. The van der Waals surface area contributed by atoms with Crippen LogP contribution in [0.2, 0.25) is 5.02 Å². The van der Waals surface area contributed by atoms with Gasteiger partial charge in [0.25, 0.3) is 0 Å². The van der Waals surface area contributed by atoms with Crippen LogP contribution in [0.15, 0.2) is 18.2 Å². The third-order valence-electron chi connectivity index (χ3n) is 1.91. The van der Waals surface area contributed by atoms with Crippen molar-refractivity contribution in [2.24, 2.45) is 0 Å². The van der Waals surface area contributed by atoms with Crippen molar-refractivity contribution in [3.63, 3.8) is 0 Å². The van der Waals surface area contributed by atoms with Gasteiger partial charge in [-0.3, -0.25) is 0 Å². The van der Waals surface area contributed by atoms with Crippen LogP contribution in [-0.4, -0.2) is 25.3 Å². The molecule has 1 aromatic carbocycles. The lowest BCUT2D eigenvalue weighted by Gasteiger charge is -2.09. The molecule has 0 saturated heterocycles. The lowest BCUT2D eigenvalue weighted by Crippen LogP contribution is -1.92. The summed E-state index contributed by atoms with van der Waals surface area (Å²) >= 11 is 5.91. The number of rotatable bonds is 4. The molecule has 0 unspecified atom stereocenters. The van der Waals surface area contributed by atoms with Gasteiger partial charge in [0.1, 0.15) is 11.5 Å². The Labute approximate surface area is 98.1 Å². The highest BCUT2D eigenvalue weighted by molar-refractivity contribution is 6.32. The number of hydrogen-bond donors (Lipinski definition) is 1. The van der Waals surface area contributed by atoms with Crippen LogP contribution in [0.5, 0.6) is 11.5 Å². The molecule has 0 aliphatic carbocycles. The van der Waals surface area contributed by atoms with E-state index < -0.39 is 5.97 Å². The van der Waals surface area contributed by atoms with Gasteiger partial charge in [-0.15, -0.1) is 0 Å². The number of ether oxygens (including phenoxy) is 2. The molecule has 1 aromatic rings. The van der Waals surface area contributed by atoms with E-state index in [1.54, 1.807) is 12.1 Å². The van der Waals surface area contributed by atoms with Gasteiger partial charge in [-0.05, 0) is 12.1 Å². The van der Waals surface area contributed by atoms with E-state index in [0.29, 0.717) is 22.1 Å². The van der Waals surface area contributed by atoms with Gasteiger partial charge in [0.15, 0.2) is 0 Å². The SMILES string of the molecule is COc1cc(OC)c(/C=C/C(=O)O)cc1Cl. The normalized spacial score (nSPS) is 10.4. The van der Waals surface area contributed by atoms with Crippen molar-refractivity contribution in [3.05, 3.63) is 28.8 Å². The summed E-state index contributed by atoms with van der Waals surface area (Å²) in [6.45, 7) is 0. The van der Waals surface area contributed by atoms with Gasteiger partial charge in [0, 0.05) is 17.7 Å². The highest BCUT2D eigenvalue weighted by Gasteiger charge is 2.07. The lowest BCUT2D eigenvalue weighted by atomic mass is 10.1. The molecule has 0 aliphatic heterocycles. The van der Waals surface area contributed by atoms with E-state index >= 15 is 0 Å². The Morgan fingerprint density at radius 1 is 1.31 bits per heavy atom. The Morgan fingerprint density at radius 2 is 1.94 bits per heavy atom. The number of aliphatic carboxylic acids is 1. The van der Waals surface area contributed by atoms with Gasteiger partial charge in [0.2, 0.25) is 0 Å². The van der Waals surface area contributed by atoms with E-state index in [4.69, 9.17) is 26.2 Å². The number of methoxy groups -OCH3 is 2. The summed E-state index contributed by atoms with van der Waals surface area (Å²) in [5.41, 5.74) is 0.579. The lowest BCUT2D eigenvalue weighted by molar-refractivity contribution is -0.131. The molecular formula is C11H11ClO4. The van der Waals surface area contributed by atoms with Crippen LogP contribution in [0.3, 0.4) is 0 Å². The maximum Gasteiger partial charge on any atom is 0.328 e. The number of halogens is 1. The van der Waals surface area contributed by atoms with Crippen molar-refractivity contribution in [2.75, 3.05) is 14.2 Å². The molecule has 0 atom stereocenters. The standard InChI is InChI=1S/C11H11ClO4/c1-15-9-6-10(16-2)8(12)5-7(9)3-4-11(13)14/h3-6H,1-2H3,(H,13,14)/b4-3+. The Balaban J connectivity index is 3.18. The van der Waals surface area contributed by atoms with Crippen molar-refractivity contribution >= 4 is 23.6 Å². The Hall–Kier alpha value is -1.68. The maximum atomic E-state index is 10.4. The summed E-state index contributed by atoms with van der Waals surface area (Å²) in [5, 5.41) is 8.92. The van der Waals surface area contributed by atoms with Crippen LogP contribution in [0.4, 0.5) is 0 Å². The first-order valence-corrected chi connectivity index (χ1v) is 4.78.